The molecule has 6 rings (SSSR count). The number of rotatable bonds is 5. The molecule has 0 fully saturated rings. The topological polar surface area (TPSA) is 21.4 Å². The molecule has 0 aliphatic carbocycles. The van der Waals surface area contributed by atoms with Gasteiger partial charge in [-0.05, 0) is 60.2 Å². The van der Waals surface area contributed by atoms with Gasteiger partial charge in [0.2, 0.25) is 0 Å². The maximum atomic E-state index is 6.26. The van der Waals surface area contributed by atoms with Crippen molar-refractivity contribution in [3.8, 4) is 22.4 Å². The molecule has 3 heterocycles. The predicted molar refractivity (Wildman–Crippen MR) is 154 cm³/mol. The number of thiocarbonyl (C=S) groups is 1. The van der Waals surface area contributed by atoms with E-state index in [2.05, 4.69) is 69.0 Å². The summed E-state index contributed by atoms with van der Waals surface area (Å²) in [7, 11) is 0. The molecule has 36 heavy (non-hydrogen) atoms. The lowest BCUT2D eigenvalue weighted by Gasteiger charge is -2.12. The smallest absolute Gasteiger partial charge is 0.124 e. The van der Waals surface area contributed by atoms with Gasteiger partial charge in [-0.2, -0.15) is 0 Å². The van der Waals surface area contributed by atoms with E-state index in [0.717, 1.165) is 57.7 Å². The molecule has 0 saturated carbocycles. The van der Waals surface area contributed by atoms with E-state index in [9.17, 15) is 0 Å². The first-order chi connectivity index (χ1) is 17.6. The Balaban J connectivity index is 1.55. The summed E-state index contributed by atoms with van der Waals surface area (Å²) in [4.78, 5) is 0.741. The maximum absolute atomic E-state index is 6.26. The Labute approximate surface area is 226 Å². The van der Waals surface area contributed by atoms with Crippen molar-refractivity contribution in [2.45, 2.75) is 32.4 Å². The Morgan fingerprint density at radius 3 is 2.19 bits per heavy atom. The molecule has 2 aromatic heterocycles. The molecular weight excluding hydrogens is 505 g/mol. The third-order valence-corrected chi connectivity index (χ3v) is 7.76. The van der Waals surface area contributed by atoms with Crippen molar-refractivity contribution >= 4 is 46.1 Å². The summed E-state index contributed by atoms with van der Waals surface area (Å²) < 4.78 is 4.75. The van der Waals surface area contributed by atoms with Gasteiger partial charge in [-0.1, -0.05) is 90.0 Å². The lowest BCUT2D eigenvalue weighted by molar-refractivity contribution is 0.647. The summed E-state index contributed by atoms with van der Waals surface area (Å²) in [6.45, 7) is 1.64. The Kier molecular flexibility index (Phi) is 6.34. The van der Waals surface area contributed by atoms with Crippen LogP contribution in [0.4, 0.5) is 0 Å². The van der Waals surface area contributed by atoms with Crippen molar-refractivity contribution < 1.29 is 0 Å². The Morgan fingerprint density at radius 1 is 0.833 bits per heavy atom. The van der Waals surface area contributed by atoms with E-state index in [4.69, 9.17) is 35.4 Å². The van der Waals surface area contributed by atoms with Crippen LogP contribution >= 0.6 is 35.4 Å². The normalized spacial score (nSPS) is 13.1. The SMILES string of the molecule is S=C(NCc1ccccc1)c1c(-c2ccc(Cl)cc2)c2c3n(c(-c4ccc(Cl)cc4)cn13)CCCC2. The first-order valence-electron chi connectivity index (χ1n) is 12.2. The first-order valence-corrected chi connectivity index (χ1v) is 13.4. The molecule has 0 spiro atoms. The zero-order valence-electron chi connectivity index (χ0n) is 19.7. The fourth-order valence-electron chi connectivity index (χ4n) is 5.25. The van der Waals surface area contributed by atoms with Gasteiger partial charge in [-0.25, -0.2) is 0 Å². The first kappa shape index (κ1) is 23.4. The number of hydrogen-bond donors (Lipinski definition) is 1. The average molecular weight is 531 g/mol. The van der Waals surface area contributed by atoms with Gasteiger partial charge in [0, 0.05) is 40.5 Å². The van der Waals surface area contributed by atoms with Gasteiger partial charge in [-0.3, -0.25) is 4.40 Å². The highest BCUT2D eigenvalue weighted by Crippen LogP contribution is 2.40. The third-order valence-electron chi connectivity index (χ3n) is 6.92. The fraction of sp³-hybridized carbons (Fsp3) is 0.167. The second kappa shape index (κ2) is 9.78. The van der Waals surface area contributed by atoms with Crippen molar-refractivity contribution in [3.63, 3.8) is 0 Å². The molecule has 0 amide bonds. The zero-order valence-corrected chi connectivity index (χ0v) is 22.0. The number of imidazole rings is 1. The molecule has 1 aliphatic heterocycles. The molecule has 1 N–H and O–H groups in total. The minimum atomic E-state index is 0.674. The summed E-state index contributed by atoms with van der Waals surface area (Å²) in [6.07, 6.45) is 5.50. The van der Waals surface area contributed by atoms with Crippen LogP contribution in [0.25, 0.3) is 28.0 Å². The predicted octanol–water partition coefficient (Wildman–Crippen LogP) is 8.18. The van der Waals surface area contributed by atoms with E-state index in [1.54, 1.807) is 0 Å². The molecule has 0 radical (unpaired) electrons. The van der Waals surface area contributed by atoms with E-state index in [1.807, 2.05) is 30.3 Å². The van der Waals surface area contributed by atoms with Crippen LogP contribution in [0.1, 0.15) is 29.7 Å². The van der Waals surface area contributed by atoms with Crippen LogP contribution in [-0.4, -0.2) is 14.0 Å². The van der Waals surface area contributed by atoms with Gasteiger partial charge in [-0.15, -0.1) is 0 Å². The van der Waals surface area contributed by atoms with Gasteiger partial charge in [0.05, 0.1) is 11.4 Å². The molecule has 6 heteroatoms. The number of aromatic nitrogens is 2. The number of nitrogens with one attached hydrogen (secondary N) is 1. The minimum Gasteiger partial charge on any atom is -0.370 e. The van der Waals surface area contributed by atoms with Gasteiger partial charge in [0.1, 0.15) is 10.6 Å². The number of benzene rings is 3. The van der Waals surface area contributed by atoms with Crippen molar-refractivity contribution in [1.29, 1.82) is 0 Å². The van der Waals surface area contributed by atoms with Gasteiger partial charge >= 0.3 is 0 Å². The Hall–Kier alpha value is -3.05. The maximum Gasteiger partial charge on any atom is 0.124 e. The van der Waals surface area contributed by atoms with E-state index in [0.29, 0.717) is 6.54 Å². The van der Waals surface area contributed by atoms with Crippen molar-refractivity contribution in [2.24, 2.45) is 0 Å². The standard InChI is InChI=1S/C30H25Cl2N3S/c31-23-13-9-21(10-14-23)26-19-35-28(29(36)33-18-20-6-2-1-3-7-20)27(22-11-15-24(32)16-12-22)25-8-4-5-17-34(26)30(25)35/h1-3,6-7,9-16,19H,4-5,8,17-18H2,(H,33,36). The summed E-state index contributed by atoms with van der Waals surface area (Å²) in [5.41, 5.74) is 9.46. The van der Waals surface area contributed by atoms with E-state index >= 15 is 0 Å². The zero-order chi connectivity index (χ0) is 24.6. The number of hydrogen-bond acceptors (Lipinski definition) is 1. The summed E-state index contributed by atoms with van der Waals surface area (Å²) >= 11 is 18.5. The van der Waals surface area contributed by atoms with Crippen molar-refractivity contribution in [2.75, 3.05) is 0 Å². The fourth-order valence-corrected chi connectivity index (χ4v) is 5.77. The molecule has 5 aromatic rings. The molecule has 0 atom stereocenters. The van der Waals surface area contributed by atoms with Crippen LogP contribution in [0.5, 0.6) is 0 Å². The van der Waals surface area contributed by atoms with Crippen LogP contribution in [-0.2, 0) is 19.5 Å². The number of halogens is 2. The second-order valence-electron chi connectivity index (χ2n) is 9.20. The molecule has 0 bridgehead atoms. The largest absolute Gasteiger partial charge is 0.370 e. The Bertz CT molecular complexity index is 1550. The van der Waals surface area contributed by atoms with Crippen molar-refractivity contribution in [1.82, 2.24) is 14.3 Å². The molecule has 3 nitrogen and oxygen atoms in total. The van der Waals surface area contributed by atoms with Crippen LogP contribution in [0.15, 0.2) is 85.1 Å². The van der Waals surface area contributed by atoms with Crippen LogP contribution in [0, 0.1) is 0 Å². The quantitative estimate of drug-likeness (QED) is 0.232. The number of aryl methyl sites for hydroxylation is 2. The summed E-state index contributed by atoms with van der Waals surface area (Å²) in [5, 5.41) is 5.01. The average Bonchev–Trinajstić information content (AvgIpc) is 3.32. The second-order valence-corrected chi connectivity index (χ2v) is 10.5. The van der Waals surface area contributed by atoms with Crippen LogP contribution < -0.4 is 5.32 Å². The lowest BCUT2D eigenvalue weighted by atomic mass is 9.98. The van der Waals surface area contributed by atoms with E-state index in [1.165, 1.54) is 28.0 Å². The highest BCUT2D eigenvalue weighted by atomic mass is 35.5. The highest BCUT2D eigenvalue weighted by Gasteiger charge is 2.28. The van der Waals surface area contributed by atoms with Gasteiger partial charge in [0.15, 0.2) is 0 Å². The molecule has 0 saturated heterocycles. The molecular formula is C30H25Cl2N3S. The van der Waals surface area contributed by atoms with Crippen LogP contribution in [0.2, 0.25) is 10.0 Å². The highest BCUT2D eigenvalue weighted by molar-refractivity contribution is 7.80. The number of nitrogens with zero attached hydrogens (tertiary/aromatic N) is 2. The minimum absolute atomic E-state index is 0.674. The summed E-state index contributed by atoms with van der Waals surface area (Å²) in [6, 6.07) is 26.6. The monoisotopic (exact) mass is 529 g/mol. The Morgan fingerprint density at radius 2 is 1.50 bits per heavy atom. The lowest BCUT2D eigenvalue weighted by Crippen LogP contribution is -2.23. The van der Waals surface area contributed by atoms with E-state index < -0.39 is 0 Å². The third kappa shape index (κ3) is 4.24. The van der Waals surface area contributed by atoms with Crippen molar-refractivity contribution in [3.05, 3.63) is 112 Å². The molecule has 1 aliphatic rings. The van der Waals surface area contributed by atoms with Crippen LogP contribution in [0.3, 0.4) is 0 Å². The van der Waals surface area contributed by atoms with Gasteiger partial charge < -0.3 is 9.88 Å². The molecule has 3 aromatic carbocycles. The molecule has 0 unspecified atom stereocenters. The summed E-state index contributed by atoms with van der Waals surface area (Å²) in [5.74, 6) is 0. The molecule has 180 valence electrons. The van der Waals surface area contributed by atoms with Gasteiger partial charge in [0.25, 0.3) is 0 Å². The van der Waals surface area contributed by atoms with E-state index in [-0.39, 0.29) is 0 Å².